The Morgan fingerprint density at radius 3 is 2.30 bits per heavy atom. The molecule has 8 heteroatoms. The molecule has 0 aliphatic carbocycles. The van der Waals surface area contributed by atoms with Crippen LogP contribution < -0.4 is 4.72 Å². The molecule has 114 valence electrons. The summed E-state index contributed by atoms with van der Waals surface area (Å²) >= 11 is 0. The SMILES string of the molecule is Cc1ccc(S(=O)NCC(F)(F)F)c(C(C)(C)O)c1F. The number of aryl methyl sites for hydroxylation is 1. The van der Waals surface area contributed by atoms with E-state index in [0.29, 0.717) is 0 Å². The van der Waals surface area contributed by atoms with Crippen molar-refractivity contribution in [1.29, 1.82) is 0 Å². The highest BCUT2D eigenvalue weighted by molar-refractivity contribution is 7.83. The monoisotopic (exact) mass is 313 g/mol. The zero-order valence-corrected chi connectivity index (χ0v) is 12.0. The van der Waals surface area contributed by atoms with Gasteiger partial charge in [-0.1, -0.05) is 6.07 Å². The Bertz CT molecular complexity index is 523. The maximum absolute atomic E-state index is 14.0. The predicted octanol–water partition coefficient (Wildman–Crippen LogP) is 2.54. The first-order chi connectivity index (χ1) is 8.93. The molecule has 0 fully saturated rings. The highest BCUT2D eigenvalue weighted by atomic mass is 32.2. The maximum atomic E-state index is 14.0. The molecule has 1 aromatic rings. The van der Waals surface area contributed by atoms with Crippen LogP contribution >= 0.6 is 0 Å². The minimum absolute atomic E-state index is 0.204. The lowest BCUT2D eigenvalue weighted by Crippen LogP contribution is -2.32. The molecule has 2 N–H and O–H groups in total. The summed E-state index contributed by atoms with van der Waals surface area (Å²) in [5, 5.41) is 9.93. The molecule has 0 amide bonds. The van der Waals surface area contributed by atoms with Gasteiger partial charge in [0, 0.05) is 5.56 Å². The van der Waals surface area contributed by atoms with Gasteiger partial charge in [0.2, 0.25) is 0 Å². The second-order valence-electron chi connectivity index (χ2n) is 4.83. The lowest BCUT2D eigenvalue weighted by atomic mass is 9.96. The first-order valence-corrected chi connectivity index (χ1v) is 6.82. The van der Waals surface area contributed by atoms with Crippen LogP contribution in [0.2, 0.25) is 0 Å². The summed E-state index contributed by atoms with van der Waals surface area (Å²) in [7, 11) is -2.28. The van der Waals surface area contributed by atoms with Gasteiger partial charge in [-0.2, -0.15) is 13.2 Å². The van der Waals surface area contributed by atoms with Crippen LogP contribution in [0.5, 0.6) is 0 Å². The number of hydrogen-bond acceptors (Lipinski definition) is 2. The van der Waals surface area contributed by atoms with Crippen molar-refractivity contribution in [3.8, 4) is 0 Å². The summed E-state index contributed by atoms with van der Waals surface area (Å²) in [4.78, 5) is -0.204. The summed E-state index contributed by atoms with van der Waals surface area (Å²) in [6.45, 7) is 2.52. The molecule has 1 unspecified atom stereocenters. The fourth-order valence-electron chi connectivity index (χ4n) is 1.61. The minimum atomic E-state index is -4.53. The third kappa shape index (κ3) is 4.26. The molecule has 0 spiro atoms. The summed E-state index contributed by atoms with van der Waals surface area (Å²) in [5.41, 5.74) is -1.73. The van der Waals surface area contributed by atoms with E-state index in [2.05, 4.69) is 0 Å². The van der Waals surface area contributed by atoms with Crippen LogP contribution in [-0.4, -0.2) is 22.0 Å². The van der Waals surface area contributed by atoms with Gasteiger partial charge in [0.25, 0.3) is 0 Å². The molecule has 0 bridgehead atoms. The molecule has 20 heavy (non-hydrogen) atoms. The molecule has 1 aromatic carbocycles. The van der Waals surface area contributed by atoms with Gasteiger partial charge in [-0.05, 0) is 32.4 Å². The summed E-state index contributed by atoms with van der Waals surface area (Å²) in [6.07, 6.45) is -4.53. The first-order valence-electron chi connectivity index (χ1n) is 5.67. The highest BCUT2D eigenvalue weighted by Gasteiger charge is 2.31. The zero-order chi connectivity index (χ0) is 15.7. The Hall–Kier alpha value is -0.990. The van der Waals surface area contributed by atoms with E-state index in [4.69, 9.17) is 0 Å². The van der Waals surface area contributed by atoms with E-state index in [-0.39, 0.29) is 16.0 Å². The molecular weight excluding hydrogens is 298 g/mol. The Morgan fingerprint density at radius 1 is 1.30 bits per heavy atom. The highest BCUT2D eigenvalue weighted by Crippen LogP contribution is 2.30. The number of halogens is 4. The van der Waals surface area contributed by atoms with E-state index in [0.717, 1.165) is 0 Å². The van der Waals surface area contributed by atoms with E-state index in [1.807, 2.05) is 0 Å². The zero-order valence-electron chi connectivity index (χ0n) is 11.1. The van der Waals surface area contributed by atoms with Crippen molar-refractivity contribution in [3.05, 3.63) is 29.1 Å². The average Bonchev–Trinajstić information content (AvgIpc) is 2.26. The van der Waals surface area contributed by atoms with Crippen LogP contribution in [0.25, 0.3) is 0 Å². The molecule has 0 aliphatic rings. The lowest BCUT2D eigenvalue weighted by Gasteiger charge is -2.23. The van der Waals surface area contributed by atoms with Crippen LogP contribution in [0.1, 0.15) is 25.0 Å². The smallest absolute Gasteiger partial charge is 0.386 e. The number of aliphatic hydroxyl groups is 1. The quantitative estimate of drug-likeness (QED) is 0.839. The molecule has 1 rings (SSSR count). The molecule has 0 radical (unpaired) electrons. The van der Waals surface area contributed by atoms with Gasteiger partial charge < -0.3 is 5.11 Å². The van der Waals surface area contributed by atoms with Crippen molar-refractivity contribution in [2.75, 3.05) is 6.54 Å². The molecule has 0 heterocycles. The largest absolute Gasteiger partial charge is 0.402 e. The normalized spacial score (nSPS) is 14.4. The van der Waals surface area contributed by atoms with Gasteiger partial charge in [-0.25, -0.2) is 13.3 Å². The first kappa shape index (κ1) is 17.1. The Kier molecular flexibility index (Phi) is 4.94. The van der Waals surface area contributed by atoms with Crippen LogP contribution in [0.3, 0.4) is 0 Å². The minimum Gasteiger partial charge on any atom is -0.386 e. The molecule has 1 atom stereocenters. The predicted molar refractivity (Wildman–Crippen MR) is 66.8 cm³/mol. The number of benzene rings is 1. The maximum Gasteiger partial charge on any atom is 0.402 e. The van der Waals surface area contributed by atoms with Gasteiger partial charge in [-0.15, -0.1) is 0 Å². The molecular formula is C12H15F4NO2S. The third-order valence-corrected chi connectivity index (χ3v) is 3.66. The van der Waals surface area contributed by atoms with Crippen molar-refractivity contribution < 1.29 is 26.9 Å². The fourth-order valence-corrected chi connectivity index (χ4v) is 2.78. The van der Waals surface area contributed by atoms with E-state index in [1.165, 1.54) is 32.9 Å². The fraction of sp³-hybridized carbons (Fsp3) is 0.500. The standard InChI is InChI=1S/C12H15F4NO2S/c1-7-4-5-8(9(10(7)13)11(2,3)18)20(19)17-6-12(14,15)16/h4-5,17-18H,6H2,1-3H3. The third-order valence-electron chi connectivity index (χ3n) is 2.51. The Morgan fingerprint density at radius 2 is 1.85 bits per heavy atom. The number of hydrogen-bond donors (Lipinski definition) is 2. The summed E-state index contributed by atoms with van der Waals surface area (Å²) in [5.74, 6) is -0.780. The second-order valence-corrected chi connectivity index (χ2v) is 6.10. The number of alkyl halides is 3. The average molecular weight is 313 g/mol. The summed E-state index contributed by atoms with van der Waals surface area (Å²) < 4.78 is 63.9. The molecule has 0 saturated carbocycles. The van der Waals surface area contributed by atoms with Gasteiger partial charge >= 0.3 is 6.18 Å². The Labute approximate surface area is 116 Å². The van der Waals surface area contributed by atoms with Crippen LogP contribution in [0, 0.1) is 12.7 Å². The van der Waals surface area contributed by atoms with Gasteiger partial charge in [0.15, 0.2) is 0 Å². The van der Waals surface area contributed by atoms with E-state index in [9.17, 15) is 26.9 Å². The molecule has 3 nitrogen and oxygen atoms in total. The molecule has 0 saturated heterocycles. The lowest BCUT2D eigenvalue weighted by molar-refractivity contribution is -0.121. The summed E-state index contributed by atoms with van der Waals surface area (Å²) in [6, 6.07) is 2.54. The number of rotatable bonds is 4. The van der Waals surface area contributed by atoms with Crippen molar-refractivity contribution >= 4 is 11.0 Å². The van der Waals surface area contributed by atoms with Crippen LogP contribution in [0.15, 0.2) is 17.0 Å². The van der Waals surface area contributed by atoms with Gasteiger partial charge in [0.05, 0.1) is 10.5 Å². The van der Waals surface area contributed by atoms with Crippen molar-refractivity contribution in [2.45, 2.75) is 37.4 Å². The topological polar surface area (TPSA) is 49.3 Å². The van der Waals surface area contributed by atoms with Crippen molar-refractivity contribution in [1.82, 2.24) is 4.72 Å². The van der Waals surface area contributed by atoms with Gasteiger partial charge in [-0.3, -0.25) is 0 Å². The second kappa shape index (κ2) is 5.79. The van der Waals surface area contributed by atoms with Gasteiger partial charge in [0.1, 0.15) is 23.3 Å². The Balaban J connectivity index is 3.19. The number of nitrogens with one attached hydrogen (secondary N) is 1. The van der Waals surface area contributed by atoms with E-state index < -0.39 is 35.1 Å². The van der Waals surface area contributed by atoms with Crippen molar-refractivity contribution in [2.24, 2.45) is 0 Å². The van der Waals surface area contributed by atoms with Crippen molar-refractivity contribution in [3.63, 3.8) is 0 Å². The van der Waals surface area contributed by atoms with E-state index >= 15 is 0 Å². The molecule has 0 aliphatic heterocycles. The van der Waals surface area contributed by atoms with Crippen LogP contribution in [-0.2, 0) is 16.6 Å². The van der Waals surface area contributed by atoms with Crippen LogP contribution in [0.4, 0.5) is 17.6 Å². The molecule has 0 aromatic heterocycles. The van der Waals surface area contributed by atoms with E-state index in [1.54, 1.807) is 4.72 Å².